The summed E-state index contributed by atoms with van der Waals surface area (Å²) in [5, 5.41) is 8.67. The lowest BCUT2D eigenvalue weighted by Gasteiger charge is -2.23. The second-order valence-corrected chi connectivity index (χ2v) is 6.28. The Hall–Kier alpha value is -3.47. The summed E-state index contributed by atoms with van der Waals surface area (Å²) in [4.78, 5) is 22.6. The van der Waals surface area contributed by atoms with Crippen molar-refractivity contribution in [2.45, 2.75) is 19.0 Å². The lowest BCUT2D eigenvalue weighted by Crippen LogP contribution is -2.43. The van der Waals surface area contributed by atoms with Crippen LogP contribution in [0, 0.1) is 11.8 Å². The highest BCUT2D eigenvalue weighted by Gasteiger charge is 2.42. The van der Waals surface area contributed by atoms with Crippen molar-refractivity contribution in [1.29, 1.82) is 0 Å². The number of ether oxygens (including phenoxy) is 1. The van der Waals surface area contributed by atoms with Gasteiger partial charge in [-0.15, -0.1) is 0 Å². The van der Waals surface area contributed by atoms with Crippen LogP contribution in [0.4, 0.5) is 13.2 Å². The van der Waals surface area contributed by atoms with E-state index < -0.39 is 31.0 Å². The van der Waals surface area contributed by atoms with Crippen molar-refractivity contribution in [3.8, 4) is 17.6 Å². The number of carboxylic acid groups (broad SMARTS) is 1. The van der Waals surface area contributed by atoms with E-state index in [0.29, 0.717) is 16.2 Å². The molecule has 8 heteroatoms. The molecule has 0 bridgehead atoms. The van der Waals surface area contributed by atoms with E-state index in [9.17, 15) is 22.8 Å². The van der Waals surface area contributed by atoms with Crippen LogP contribution in [0.2, 0.25) is 0 Å². The fourth-order valence-electron chi connectivity index (χ4n) is 2.52. The number of carboxylic acids is 1. The zero-order valence-electron chi connectivity index (χ0n) is 16.0. The van der Waals surface area contributed by atoms with E-state index >= 15 is 0 Å². The van der Waals surface area contributed by atoms with Crippen LogP contribution in [0.25, 0.3) is 0 Å². The quantitative estimate of drug-likeness (QED) is 0.665. The first-order valence-electron chi connectivity index (χ1n) is 9.09. The maximum atomic E-state index is 12.7. The largest absolute Gasteiger partial charge is 0.481 e. The van der Waals surface area contributed by atoms with Crippen LogP contribution in [0.5, 0.6) is 5.75 Å². The normalized spacial score (nSPS) is 10.6. The van der Waals surface area contributed by atoms with Crippen molar-refractivity contribution in [2.24, 2.45) is 0 Å². The predicted octanol–water partition coefficient (Wildman–Crippen LogP) is 3.53. The molecule has 5 nitrogen and oxygen atoms in total. The zero-order valence-corrected chi connectivity index (χ0v) is 16.0. The molecule has 2 rings (SSSR count). The van der Waals surface area contributed by atoms with Gasteiger partial charge in [0.2, 0.25) is 0 Å². The van der Waals surface area contributed by atoms with Gasteiger partial charge in [0.15, 0.2) is 0 Å². The number of rotatable bonds is 8. The summed E-state index contributed by atoms with van der Waals surface area (Å²) >= 11 is 0. The van der Waals surface area contributed by atoms with Gasteiger partial charge in [-0.1, -0.05) is 42.2 Å². The maximum Gasteiger partial charge on any atom is 0.471 e. The Bertz CT molecular complexity index is 900. The Labute approximate surface area is 172 Å². The molecule has 0 fully saturated rings. The lowest BCUT2D eigenvalue weighted by atomic mass is 10.1. The molecule has 0 aliphatic heterocycles. The Morgan fingerprint density at radius 3 is 2.27 bits per heavy atom. The van der Waals surface area contributed by atoms with E-state index in [1.54, 1.807) is 24.3 Å². The number of benzene rings is 2. The molecule has 2 aromatic carbocycles. The fourth-order valence-corrected chi connectivity index (χ4v) is 2.52. The molecule has 0 aliphatic carbocycles. The van der Waals surface area contributed by atoms with E-state index in [1.165, 1.54) is 0 Å². The fraction of sp³-hybridized carbons (Fsp3) is 0.273. The summed E-state index contributed by atoms with van der Waals surface area (Å²) in [6, 6.07) is 16.1. The first-order chi connectivity index (χ1) is 14.3. The monoisotopic (exact) mass is 419 g/mol. The molecule has 2 aromatic rings. The van der Waals surface area contributed by atoms with E-state index in [-0.39, 0.29) is 19.6 Å². The molecule has 0 saturated heterocycles. The molecular formula is C22H20F3NO4. The number of aliphatic carboxylic acids is 1. The van der Waals surface area contributed by atoms with Gasteiger partial charge in [-0.25, -0.2) is 0 Å². The number of amides is 1. The topological polar surface area (TPSA) is 66.8 Å². The second-order valence-electron chi connectivity index (χ2n) is 6.28. The molecule has 1 N–H and O–H groups in total. The SMILES string of the molecule is O=C(O)CCN(CCc1ccc(OCC#Cc2ccccc2)cc1)C(=O)C(F)(F)F. The standard InChI is InChI=1S/C22H20F3NO4/c23-22(24,25)21(29)26(15-13-20(27)28)14-12-18-8-10-19(11-9-18)30-16-4-7-17-5-2-1-3-6-17/h1-3,5-6,8-11H,12-16H2,(H,27,28). The number of hydrogen-bond donors (Lipinski definition) is 1. The Kier molecular flexibility index (Phi) is 8.29. The Balaban J connectivity index is 1.88. The molecular weight excluding hydrogens is 399 g/mol. The van der Waals surface area contributed by atoms with E-state index in [1.807, 2.05) is 30.3 Å². The minimum absolute atomic E-state index is 0.148. The highest BCUT2D eigenvalue weighted by molar-refractivity contribution is 5.82. The third kappa shape index (κ3) is 7.87. The van der Waals surface area contributed by atoms with Crippen molar-refractivity contribution in [3.05, 3.63) is 65.7 Å². The Morgan fingerprint density at radius 2 is 1.67 bits per heavy atom. The molecule has 1 amide bonds. The number of nitrogens with zero attached hydrogens (tertiary/aromatic N) is 1. The third-order valence-corrected chi connectivity index (χ3v) is 4.04. The molecule has 0 radical (unpaired) electrons. The van der Waals surface area contributed by atoms with Crippen LogP contribution >= 0.6 is 0 Å². The number of carbonyl (C=O) groups is 2. The van der Waals surface area contributed by atoms with Crippen LogP contribution < -0.4 is 4.74 Å². The van der Waals surface area contributed by atoms with Gasteiger partial charge in [0.05, 0.1) is 6.42 Å². The van der Waals surface area contributed by atoms with Crippen LogP contribution in [0.1, 0.15) is 17.5 Å². The number of halogens is 3. The minimum Gasteiger partial charge on any atom is -0.481 e. The van der Waals surface area contributed by atoms with Crippen LogP contribution in [0.15, 0.2) is 54.6 Å². The molecule has 0 spiro atoms. The maximum absolute atomic E-state index is 12.7. The summed E-state index contributed by atoms with van der Waals surface area (Å²) < 4.78 is 43.6. The summed E-state index contributed by atoms with van der Waals surface area (Å²) in [7, 11) is 0. The van der Waals surface area contributed by atoms with E-state index in [0.717, 1.165) is 5.56 Å². The van der Waals surface area contributed by atoms with Crippen molar-refractivity contribution in [3.63, 3.8) is 0 Å². The van der Waals surface area contributed by atoms with Gasteiger partial charge in [-0.2, -0.15) is 13.2 Å². The summed E-state index contributed by atoms with van der Waals surface area (Å²) in [6.45, 7) is -0.569. The molecule has 158 valence electrons. The van der Waals surface area contributed by atoms with Gasteiger partial charge in [0.1, 0.15) is 12.4 Å². The highest BCUT2D eigenvalue weighted by Crippen LogP contribution is 2.19. The molecule has 0 aliphatic rings. The highest BCUT2D eigenvalue weighted by atomic mass is 19.4. The first-order valence-corrected chi connectivity index (χ1v) is 9.09. The average molecular weight is 419 g/mol. The molecule has 30 heavy (non-hydrogen) atoms. The van der Waals surface area contributed by atoms with E-state index in [4.69, 9.17) is 9.84 Å². The zero-order chi connectivity index (χ0) is 22.0. The van der Waals surface area contributed by atoms with Gasteiger partial charge in [0.25, 0.3) is 0 Å². The first kappa shape index (κ1) is 22.8. The van der Waals surface area contributed by atoms with Crippen molar-refractivity contribution < 1.29 is 32.6 Å². The van der Waals surface area contributed by atoms with Gasteiger partial charge in [-0.05, 0) is 36.2 Å². The lowest BCUT2D eigenvalue weighted by molar-refractivity contribution is -0.185. The molecule has 0 heterocycles. The summed E-state index contributed by atoms with van der Waals surface area (Å²) in [6.07, 6.45) is -5.45. The molecule has 0 atom stereocenters. The van der Waals surface area contributed by atoms with Gasteiger partial charge in [0, 0.05) is 18.7 Å². The third-order valence-electron chi connectivity index (χ3n) is 4.04. The van der Waals surface area contributed by atoms with Crippen molar-refractivity contribution in [1.82, 2.24) is 4.90 Å². The van der Waals surface area contributed by atoms with Crippen molar-refractivity contribution >= 4 is 11.9 Å². The van der Waals surface area contributed by atoms with Crippen molar-refractivity contribution in [2.75, 3.05) is 19.7 Å². The predicted molar refractivity (Wildman–Crippen MR) is 104 cm³/mol. The summed E-state index contributed by atoms with van der Waals surface area (Å²) in [5.74, 6) is 3.08. The molecule has 0 saturated carbocycles. The van der Waals surface area contributed by atoms with Crippen LogP contribution in [0.3, 0.4) is 0 Å². The Morgan fingerprint density at radius 1 is 1.00 bits per heavy atom. The van der Waals surface area contributed by atoms with Gasteiger partial charge in [-0.3, -0.25) is 9.59 Å². The average Bonchev–Trinajstić information content (AvgIpc) is 2.71. The van der Waals surface area contributed by atoms with Crippen LogP contribution in [-0.4, -0.2) is 47.8 Å². The van der Waals surface area contributed by atoms with Gasteiger partial charge < -0.3 is 14.7 Å². The second kappa shape index (κ2) is 10.9. The number of carbonyl (C=O) groups excluding carboxylic acids is 1. The van der Waals surface area contributed by atoms with Gasteiger partial charge >= 0.3 is 18.1 Å². The van der Waals surface area contributed by atoms with E-state index in [2.05, 4.69) is 11.8 Å². The molecule has 0 aromatic heterocycles. The molecule has 0 unspecified atom stereocenters. The number of alkyl halides is 3. The minimum atomic E-state index is -5.04. The number of hydrogen-bond acceptors (Lipinski definition) is 3. The smallest absolute Gasteiger partial charge is 0.471 e. The summed E-state index contributed by atoms with van der Waals surface area (Å²) in [5.41, 5.74) is 1.56. The van der Waals surface area contributed by atoms with Crippen LogP contribution in [-0.2, 0) is 16.0 Å².